The summed E-state index contributed by atoms with van der Waals surface area (Å²) in [4.78, 5) is 0.287. The lowest BCUT2D eigenvalue weighted by Crippen LogP contribution is -2.31. The minimum atomic E-state index is -3.63. The zero-order chi connectivity index (χ0) is 13.4. The fraction of sp³-hybridized carbons (Fsp3) is 0.462. The van der Waals surface area contributed by atoms with Crippen molar-refractivity contribution in [2.24, 2.45) is 0 Å². The van der Waals surface area contributed by atoms with Crippen LogP contribution in [-0.4, -0.2) is 13.2 Å². The van der Waals surface area contributed by atoms with Gasteiger partial charge in [-0.05, 0) is 45.7 Å². The first-order valence-electron chi connectivity index (χ1n) is 5.37. The predicted octanol–water partition coefficient (Wildman–Crippen LogP) is 2.69. The quantitative estimate of drug-likeness (QED) is 0.812. The summed E-state index contributed by atoms with van der Waals surface area (Å²) in [6.07, 6.45) is 0. The minimum Gasteiger partial charge on any atom is -0.222 e. The molecule has 1 aromatic carbocycles. The Balaban J connectivity index is 3.63. The number of rotatable bonds is 2. The smallest absolute Gasteiger partial charge is 0.197 e. The number of benzene rings is 1. The monoisotopic (exact) mass is 251 g/mol. The molecule has 0 N–H and O–H groups in total. The molecule has 0 aliphatic carbocycles. The van der Waals surface area contributed by atoms with E-state index in [1.807, 2.05) is 25.1 Å². The van der Waals surface area contributed by atoms with Gasteiger partial charge in [0.05, 0.1) is 11.0 Å². The van der Waals surface area contributed by atoms with Crippen molar-refractivity contribution in [2.75, 3.05) is 0 Å². The van der Waals surface area contributed by atoms with Gasteiger partial charge in [-0.15, -0.1) is 0 Å². The van der Waals surface area contributed by atoms with Gasteiger partial charge in [0.1, 0.15) is 0 Å². The van der Waals surface area contributed by atoms with E-state index in [4.69, 9.17) is 5.26 Å². The standard InChI is InChI=1S/C13H17NO2S/c1-9-6-10(2)12(11(3)7-9)17(15,16)13(4,5)8-14/h6-7H,1-5H3. The van der Waals surface area contributed by atoms with E-state index in [0.29, 0.717) is 11.1 Å². The van der Waals surface area contributed by atoms with Crippen LogP contribution in [0.3, 0.4) is 0 Å². The Morgan fingerprint density at radius 3 is 1.88 bits per heavy atom. The molecule has 0 heterocycles. The number of hydrogen-bond donors (Lipinski definition) is 0. The summed E-state index contributed by atoms with van der Waals surface area (Å²) in [5.41, 5.74) is 2.42. The molecule has 0 spiro atoms. The lowest BCUT2D eigenvalue weighted by Gasteiger charge is -2.20. The normalized spacial score (nSPS) is 12.2. The van der Waals surface area contributed by atoms with Gasteiger partial charge in [-0.3, -0.25) is 0 Å². The van der Waals surface area contributed by atoms with E-state index in [1.54, 1.807) is 13.8 Å². The van der Waals surface area contributed by atoms with Crippen molar-refractivity contribution >= 4 is 9.84 Å². The highest BCUT2D eigenvalue weighted by Gasteiger charge is 2.37. The summed E-state index contributed by atoms with van der Waals surface area (Å²) < 4.78 is 23.4. The maximum absolute atomic E-state index is 12.4. The molecule has 0 bridgehead atoms. The SMILES string of the molecule is Cc1cc(C)c(S(=O)(=O)C(C)(C)C#N)c(C)c1. The van der Waals surface area contributed by atoms with E-state index in [9.17, 15) is 8.42 Å². The van der Waals surface area contributed by atoms with E-state index < -0.39 is 14.6 Å². The Labute approximate surface area is 103 Å². The van der Waals surface area contributed by atoms with Crippen LogP contribution in [0.25, 0.3) is 0 Å². The number of aryl methyl sites for hydroxylation is 3. The molecule has 1 rings (SSSR count). The molecule has 0 fully saturated rings. The van der Waals surface area contributed by atoms with Crippen molar-refractivity contribution in [3.63, 3.8) is 0 Å². The van der Waals surface area contributed by atoms with E-state index in [1.165, 1.54) is 13.8 Å². The molecule has 4 heteroatoms. The summed E-state index contributed by atoms with van der Waals surface area (Å²) in [7, 11) is -3.63. The van der Waals surface area contributed by atoms with Gasteiger partial charge >= 0.3 is 0 Å². The van der Waals surface area contributed by atoms with Gasteiger partial charge in [0.25, 0.3) is 0 Å². The molecule has 0 unspecified atom stereocenters. The molecule has 92 valence electrons. The van der Waals surface area contributed by atoms with Crippen LogP contribution in [0.15, 0.2) is 17.0 Å². The van der Waals surface area contributed by atoms with Crippen LogP contribution in [0.1, 0.15) is 30.5 Å². The third-order valence-corrected chi connectivity index (χ3v) is 5.43. The summed E-state index contributed by atoms with van der Waals surface area (Å²) >= 11 is 0. The predicted molar refractivity (Wildman–Crippen MR) is 67.5 cm³/mol. The van der Waals surface area contributed by atoms with Gasteiger partial charge in [-0.1, -0.05) is 17.7 Å². The van der Waals surface area contributed by atoms with Crippen LogP contribution in [0, 0.1) is 32.1 Å². The summed E-state index contributed by atoms with van der Waals surface area (Å²) in [6.45, 7) is 8.31. The van der Waals surface area contributed by atoms with Gasteiger partial charge < -0.3 is 0 Å². The first kappa shape index (κ1) is 13.7. The average molecular weight is 251 g/mol. The second kappa shape index (κ2) is 4.15. The maximum Gasteiger partial charge on any atom is 0.197 e. The fourth-order valence-corrected chi connectivity index (χ4v) is 3.50. The van der Waals surface area contributed by atoms with Gasteiger partial charge in [-0.25, -0.2) is 8.42 Å². The maximum atomic E-state index is 12.4. The largest absolute Gasteiger partial charge is 0.222 e. The van der Waals surface area contributed by atoms with Gasteiger partial charge in [0, 0.05) is 0 Å². The van der Waals surface area contributed by atoms with Crippen LogP contribution in [0.4, 0.5) is 0 Å². The fourth-order valence-electron chi connectivity index (χ4n) is 1.91. The van der Waals surface area contributed by atoms with Crippen LogP contribution >= 0.6 is 0 Å². The minimum absolute atomic E-state index is 0.287. The Hall–Kier alpha value is -1.34. The summed E-state index contributed by atoms with van der Waals surface area (Å²) in [6, 6.07) is 5.51. The summed E-state index contributed by atoms with van der Waals surface area (Å²) in [5, 5.41) is 9.00. The highest BCUT2D eigenvalue weighted by molar-refractivity contribution is 7.93. The van der Waals surface area contributed by atoms with Crippen molar-refractivity contribution in [3.8, 4) is 6.07 Å². The summed E-state index contributed by atoms with van der Waals surface area (Å²) in [5.74, 6) is 0. The first-order valence-corrected chi connectivity index (χ1v) is 6.85. The second-order valence-corrected chi connectivity index (χ2v) is 7.29. The molecule has 3 nitrogen and oxygen atoms in total. The molecule has 17 heavy (non-hydrogen) atoms. The van der Waals surface area contributed by atoms with Crippen molar-refractivity contribution in [1.82, 2.24) is 0 Å². The van der Waals surface area contributed by atoms with Crippen LogP contribution in [-0.2, 0) is 9.84 Å². The molecular weight excluding hydrogens is 234 g/mol. The first-order chi connectivity index (χ1) is 7.63. The number of sulfone groups is 1. The second-order valence-electron chi connectivity index (χ2n) is 4.85. The van der Waals surface area contributed by atoms with Crippen LogP contribution < -0.4 is 0 Å². The molecule has 0 saturated carbocycles. The van der Waals surface area contributed by atoms with E-state index in [0.717, 1.165) is 5.56 Å². The van der Waals surface area contributed by atoms with Gasteiger partial charge in [0.2, 0.25) is 0 Å². The third kappa shape index (κ3) is 2.20. The Bertz CT molecular complexity index is 569. The molecule has 1 aromatic rings. The van der Waals surface area contributed by atoms with E-state index >= 15 is 0 Å². The lowest BCUT2D eigenvalue weighted by atomic mass is 10.1. The molecule has 0 amide bonds. The molecule has 0 saturated heterocycles. The third-order valence-electron chi connectivity index (χ3n) is 2.81. The molecular formula is C13H17NO2S. The van der Waals surface area contributed by atoms with Crippen molar-refractivity contribution in [3.05, 3.63) is 28.8 Å². The number of hydrogen-bond acceptors (Lipinski definition) is 3. The van der Waals surface area contributed by atoms with Gasteiger partial charge in [0.15, 0.2) is 14.6 Å². The number of nitriles is 1. The van der Waals surface area contributed by atoms with Gasteiger partial charge in [-0.2, -0.15) is 5.26 Å². The highest BCUT2D eigenvalue weighted by Crippen LogP contribution is 2.30. The molecule has 0 radical (unpaired) electrons. The van der Waals surface area contributed by atoms with E-state index in [-0.39, 0.29) is 4.90 Å². The number of nitrogens with zero attached hydrogens (tertiary/aromatic N) is 1. The highest BCUT2D eigenvalue weighted by atomic mass is 32.2. The molecule has 0 aliphatic rings. The Morgan fingerprint density at radius 1 is 1.12 bits per heavy atom. The Kier molecular flexibility index (Phi) is 3.35. The molecule has 0 aliphatic heterocycles. The van der Waals surface area contributed by atoms with E-state index in [2.05, 4.69) is 0 Å². The lowest BCUT2D eigenvalue weighted by molar-refractivity contribution is 0.573. The average Bonchev–Trinajstić information content (AvgIpc) is 2.15. The zero-order valence-electron chi connectivity index (χ0n) is 10.8. The molecule has 0 atom stereocenters. The van der Waals surface area contributed by atoms with Crippen molar-refractivity contribution < 1.29 is 8.42 Å². The van der Waals surface area contributed by atoms with Crippen molar-refractivity contribution in [2.45, 2.75) is 44.3 Å². The van der Waals surface area contributed by atoms with Crippen LogP contribution in [0.2, 0.25) is 0 Å². The van der Waals surface area contributed by atoms with Crippen molar-refractivity contribution in [1.29, 1.82) is 5.26 Å². The zero-order valence-corrected chi connectivity index (χ0v) is 11.6. The molecule has 0 aromatic heterocycles. The topological polar surface area (TPSA) is 57.9 Å². The Morgan fingerprint density at radius 2 is 1.53 bits per heavy atom. The van der Waals surface area contributed by atoms with Crippen LogP contribution in [0.5, 0.6) is 0 Å².